The first-order valence-electron chi connectivity index (χ1n) is 11.3. The Hall–Kier alpha value is -2.53. The molecule has 174 valence electrons. The van der Waals surface area contributed by atoms with E-state index in [0.717, 1.165) is 24.3 Å². The van der Waals surface area contributed by atoms with Crippen molar-refractivity contribution in [2.75, 3.05) is 31.1 Å². The lowest BCUT2D eigenvalue weighted by molar-refractivity contribution is 0.0526. The van der Waals surface area contributed by atoms with Gasteiger partial charge in [-0.3, -0.25) is 4.79 Å². The number of carbonyl (C=O) groups is 2. The summed E-state index contributed by atoms with van der Waals surface area (Å²) in [7, 11) is 0. The zero-order chi connectivity index (χ0) is 23.7. The Balaban J connectivity index is 2.07. The first-order valence-corrected chi connectivity index (χ1v) is 11.7. The van der Waals surface area contributed by atoms with Crippen LogP contribution >= 0.6 is 11.6 Å². The number of carbonyl (C=O) groups excluding carboxylic acids is 2. The van der Waals surface area contributed by atoms with Crippen LogP contribution in [0.4, 0.5) is 5.69 Å². The fourth-order valence-corrected chi connectivity index (χ4v) is 3.73. The molecule has 0 aliphatic heterocycles. The summed E-state index contributed by atoms with van der Waals surface area (Å²) >= 11 is 6.23. The van der Waals surface area contributed by atoms with Gasteiger partial charge in [0.1, 0.15) is 0 Å². The molecule has 0 aliphatic rings. The summed E-state index contributed by atoms with van der Waals surface area (Å²) in [6.45, 7) is 13.1. The predicted molar refractivity (Wildman–Crippen MR) is 132 cm³/mol. The largest absolute Gasteiger partial charge is 0.462 e. The van der Waals surface area contributed by atoms with Crippen LogP contribution in [-0.2, 0) is 11.2 Å². The van der Waals surface area contributed by atoms with Crippen molar-refractivity contribution in [3.8, 4) is 0 Å². The molecule has 0 spiro atoms. The first kappa shape index (κ1) is 25.7. The number of halogens is 1. The minimum Gasteiger partial charge on any atom is -0.462 e. The van der Waals surface area contributed by atoms with Gasteiger partial charge in [0.15, 0.2) is 0 Å². The number of anilines is 1. The topological polar surface area (TPSA) is 58.6 Å². The predicted octanol–water partition coefficient (Wildman–Crippen LogP) is 5.61. The number of rotatable bonds is 11. The molecule has 0 fully saturated rings. The van der Waals surface area contributed by atoms with Crippen LogP contribution in [0, 0.1) is 11.8 Å². The molecule has 0 heterocycles. The van der Waals surface area contributed by atoms with Crippen LogP contribution in [-0.4, -0.2) is 38.1 Å². The lowest BCUT2D eigenvalue weighted by atomic mass is 10.1. The Morgan fingerprint density at radius 3 is 2.19 bits per heavy atom. The molecule has 32 heavy (non-hydrogen) atoms. The van der Waals surface area contributed by atoms with Gasteiger partial charge in [-0.2, -0.15) is 0 Å². The van der Waals surface area contributed by atoms with Crippen molar-refractivity contribution >= 4 is 29.2 Å². The summed E-state index contributed by atoms with van der Waals surface area (Å²) < 4.78 is 5.01. The van der Waals surface area contributed by atoms with Gasteiger partial charge in [-0.25, -0.2) is 4.79 Å². The van der Waals surface area contributed by atoms with E-state index in [9.17, 15) is 9.59 Å². The Morgan fingerprint density at radius 2 is 1.62 bits per heavy atom. The maximum absolute atomic E-state index is 13.0. The number of benzene rings is 2. The zero-order valence-electron chi connectivity index (χ0n) is 19.8. The Bertz CT molecular complexity index is 884. The van der Waals surface area contributed by atoms with E-state index in [-0.39, 0.29) is 11.9 Å². The van der Waals surface area contributed by atoms with Crippen molar-refractivity contribution in [2.45, 2.75) is 41.0 Å². The van der Waals surface area contributed by atoms with Gasteiger partial charge in [-0.15, -0.1) is 0 Å². The lowest BCUT2D eigenvalue weighted by Crippen LogP contribution is -2.34. The maximum Gasteiger partial charge on any atom is 0.338 e. The maximum atomic E-state index is 13.0. The third-order valence-corrected chi connectivity index (χ3v) is 5.11. The molecule has 0 aromatic heterocycles. The fraction of sp³-hybridized carbons (Fsp3) is 0.462. The molecule has 5 nitrogen and oxygen atoms in total. The van der Waals surface area contributed by atoms with Crippen LogP contribution in [0.1, 0.15) is 60.9 Å². The number of nitrogens with one attached hydrogen (secondary N) is 1. The summed E-state index contributed by atoms with van der Waals surface area (Å²) in [5.74, 6) is 0.479. The van der Waals surface area contributed by atoms with Crippen LogP contribution in [0.3, 0.4) is 0 Å². The summed E-state index contributed by atoms with van der Waals surface area (Å²) in [6.07, 6.45) is 0.659. The van der Waals surface area contributed by atoms with E-state index in [2.05, 4.69) is 37.9 Å². The zero-order valence-corrected chi connectivity index (χ0v) is 20.5. The highest BCUT2D eigenvalue weighted by molar-refractivity contribution is 6.31. The molecule has 1 amide bonds. The quantitative estimate of drug-likeness (QED) is 0.445. The van der Waals surface area contributed by atoms with E-state index < -0.39 is 0 Å². The molecule has 6 heteroatoms. The van der Waals surface area contributed by atoms with Crippen LogP contribution in [0.25, 0.3) is 0 Å². The average molecular weight is 459 g/mol. The second-order valence-electron chi connectivity index (χ2n) is 8.78. The van der Waals surface area contributed by atoms with Gasteiger partial charge in [-0.1, -0.05) is 51.4 Å². The third kappa shape index (κ3) is 7.86. The van der Waals surface area contributed by atoms with Gasteiger partial charge in [0.05, 0.1) is 17.7 Å². The SMILES string of the molecule is CCOC(=O)c1ccc(CCNC(=O)c2cc(Cl)ccc2N(CC(C)C)CC(C)C)cc1. The van der Waals surface area contributed by atoms with Crippen molar-refractivity contribution in [3.63, 3.8) is 0 Å². The monoisotopic (exact) mass is 458 g/mol. The van der Waals surface area contributed by atoms with E-state index in [1.54, 1.807) is 25.1 Å². The number of amides is 1. The summed E-state index contributed by atoms with van der Waals surface area (Å²) in [4.78, 5) is 27.1. The van der Waals surface area contributed by atoms with E-state index in [4.69, 9.17) is 16.3 Å². The molecule has 0 unspecified atom stereocenters. The highest BCUT2D eigenvalue weighted by Crippen LogP contribution is 2.26. The first-order chi connectivity index (χ1) is 15.2. The number of hydrogen-bond acceptors (Lipinski definition) is 4. The summed E-state index contributed by atoms with van der Waals surface area (Å²) in [6, 6.07) is 12.8. The second kappa shape index (κ2) is 12.5. The summed E-state index contributed by atoms with van der Waals surface area (Å²) in [5.41, 5.74) is 3.06. The molecular formula is C26H35ClN2O3. The average Bonchev–Trinajstić information content (AvgIpc) is 2.73. The van der Waals surface area contributed by atoms with Gasteiger partial charge < -0.3 is 15.0 Å². The van der Waals surface area contributed by atoms with Crippen molar-refractivity contribution in [1.82, 2.24) is 5.32 Å². The standard InChI is InChI=1S/C26H35ClN2O3/c1-6-32-26(31)21-9-7-20(8-10-21)13-14-28-25(30)23-15-22(27)11-12-24(23)29(16-18(2)3)17-19(4)5/h7-12,15,18-19H,6,13-14,16-17H2,1-5H3,(H,28,30). The van der Waals surface area contributed by atoms with Crippen LogP contribution in [0.5, 0.6) is 0 Å². The second-order valence-corrected chi connectivity index (χ2v) is 9.21. The van der Waals surface area contributed by atoms with Gasteiger partial charge in [0.25, 0.3) is 5.91 Å². The van der Waals surface area contributed by atoms with Gasteiger partial charge in [-0.05, 0) is 61.1 Å². The molecule has 1 N–H and O–H groups in total. The number of esters is 1. The van der Waals surface area contributed by atoms with Crippen LogP contribution in [0.2, 0.25) is 5.02 Å². The van der Waals surface area contributed by atoms with E-state index in [0.29, 0.717) is 47.6 Å². The highest BCUT2D eigenvalue weighted by Gasteiger charge is 2.19. The molecule has 0 atom stereocenters. The van der Waals surface area contributed by atoms with Crippen molar-refractivity contribution in [1.29, 1.82) is 0 Å². The van der Waals surface area contributed by atoms with E-state index >= 15 is 0 Å². The molecule has 2 aromatic rings. The smallest absolute Gasteiger partial charge is 0.338 e. The van der Waals surface area contributed by atoms with Gasteiger partial charge >= 0.3 is 5.97 Å². The Labute approximate surface area is 197 Å². The molecule has 0 aliphatic carbocycles. The molecule has 0 saturated heterocycles. The highest BCUT2D eigenvalue weighted by atomic mass is 35.5. The van der Waals surface area contributed by atoms with Gasteiger partial charge in [0.2, 0.25) is 0 Å². The van der Waals surface area contributed by atoms with E-state index in [1.807, 2.05) is 24.3 Å². The molecule has 2 aromatic carbocycles. The molecule has 2 rings (SSSR count). The minimum absolute atomic E-state index is 0.136. The van der Waals surface area contributed by atoms with Crippen molar-refractivity contribution in [2.24, 2.45) is 11.8 Å². The molecular weight excluding hydrogens is 424 g/mol. The van der Waals surface area contributed by atoms with Crippen molar-refractivity contribution < 1.29 is 14.3 Å². The minimum atomic E-state index is -0.326. The summed E-state index contributed by atoms with van der Waals surface area (Å²) in [5, 5.41) is 3.56. The molecule has 0 bridgehead atoms. The fourth-order valence-electron chi connectivity index (χ4n) is 3.56. The lowest BCUT2D eigenvalue weighted by Gasteiger charge is -2.30. The van der Waals surface area contributed by atoms with Crippen molar-refractivity contribution in [3.05, 3.63) is 64.2 Å². The molecule has 0 radical (unpaired) electrons. The number of nitrogens with zero attached hydrogens (tertiary/aromatic N) is 1. The normalized spacial score (nSPS) is 11.0. The van der Waals surface area contributed by atoms with E-state index in [1.165, 1.54) is 0 Å². The van der Waals surface area contributed by atoms with Gasteiger partial charge in [0, 0.05) is 30.3 Å². The third-order valence-electron chi connectivity index (χ3n) is 4.88. The van der Waals surface area contributed by atoms with Crippen LogP contribution < -0.4 is 10.2 Å². The van der Waals surface area contributed by atoms with Crippen LogP contribution in [0.15, 0.2) is 42.5 Å². The molecule has 0 saturated carbocycles. The number of ether oxygens (including phenoxy) is 1. The number of hydrogen-bond donors (Lipinski definition) is 1. The Morgan fingerprint density at radius 1 is 1.00 bits per heavy atom. The Kier molecular flexibility index (Phi) is 10.0.